The standard InChI is InChI=1S/C15H23NO/c1-4-5-14(16)10-15(17)9-13-8-11(2)6-7-12(13)3/h6-8,14H,4-5,9-10,16H2,1-3H3. The van der Waals surface area contributed by atoms with E-state index in [0.717, 1.165) is 18.4 Å². The van der Waals surface area contributed by atoms with Crippen LogP contribution in [-0.2, 0) is 11.2 Å². The van der Waals surface area contributed by atoms with E-state index in [-0.39, 0.29) is 11.8 Å². The fourth-order valence-electron chi connectivity index (χ4n) is 2.04. The van der Waals surface area contributed by atoms with Gasteiger partial charge in [0.1, 0.15) is 5.78 Å². The molecule has 0 aliphatic carbocycles. The van der Waals surface area contributed by atoms with E-state index in [2.05, 4.69) is 32.0 Å². The molecule has 0 spiro atoms. The summed E-state index contributed by atoms with van der Waals surface area (Å²) in [4.78, 5) is 11.9. The Hall–Kier alpha value is -1.15. The lowest BCUT2D eigenvalue weighted by Gasteiger charge is -2.10. The minimum atomic E-state index is 0.0256. The monoisotopic (exact) mass is 233 g/mol. The summed E-state index contributed by atoms with van der Waals surface area (Å²) in [6.45, 7) is 6.19. The van der Waals surface area contributed by atoms with Crippen LogP contribution in [0.1, 0.15) is 42.9 Å². The Morgan fingerprint density at radius 3 is 2.71 bits per heavy atom. The largest absolute Gasteiger partial charge is 0.327 e. The molecule has 0 amide bonds. The number of hydrogen-bond acceptors (Lipinski definition) is 2. The molecule has 0 aliphatic heterocycles. The predicted octanol–water partition coefficient (Wildman–Crippen LogP) is 2.93. The van der Waals surface area contributed by atoms with Crippen LogP contribution >= 0.6 is 0 Å². The fourth-order valence-corrected chi connectivity index (χ4v) is 2.04. The number of benzene rings is 1. The van der Waals surface area contributed by atoms with Crippen LogP contribution < -0.4 is 5.73 Å². The van der Waals surface area contributed by atoms with Gasteiger partial charge in [-0.2, -0.15) is 0 Å². The predicted molar refractivity (Wildman–Crippen MR) is 72.1 cm³/mol. The Morgan fingerprint density at radius 2 is 2.06 bits per heavy atom. The van der Waals surface area contributed by atoms with Crippen LogP contribution in [0.25, 0.3) is 0 Å². The van der Waals surface area contributed by atoms with Crippen LogP contribution in [0.2, 0.25) is 0 Å². The number of hydrogen-bond donors (Lipinski definition) is 1. The van der Waals surface area contributed by atoms with Crippen molar-refractivity contribution < 1.29 is 4.79 Å². The summed E-state index contributed by atoms with van der Waals surface area (Å²) in [5.74, 6) is 0.250. The SMILES string of the molecule is CCCC(N)CC(=O)Cc1cc(C)ccc1C. The maximum atomic E-state index is 11.9. The van der Waals surface area contributed by atoms with E-state index >= 15 is 0 Å². The van der Waals surface area contributed by atoms with Gasteiger partial charge in [-0.05, 0) is 31.4 Å². The molecular weight excluding hydrogens is 210 g/mol. The first-order chi connectivity index (χ1) is 8.02. The first-order valence-corrected chi connectivity index (χ1v) is 6.36. The number of carbonyl (C=O) groups is 1. The molecule has 1 unspecified atom stereocenters. The quantitative estimate of drug-likeness (QED) is 0.821. The summed E-state index contributed by atoms with van der Waals surface area (Å²) in [6.07, 6.45) is 2.99. The maximum absolute atomic E-state index is 11.9. The zero-order valence-corrected chi connectivity index (χ0v) is 11.1. The molecule has 0 saturated heterocycles. The molecule has 0 saturated carbocycles. The Labute approximate surface area is 104 Å². The number of aryl methyl sites for hydroxylation is 2. The van der Waals surface area contributed by atoms with E-state index in [4.69, 9.17) is 5.73 Å². The summed E-state index contributed by atoms with van der Waals surface area (Å²) in [7, 11) is 0. The Balaban J connectivity index is 2.58. The molecule has 0 heterocycles. The third-order valence-corrected chi connectivity index (χ3v) is 3.04. The molecule has 0 bridgehead atoms. The van der Waals surface area contributed by atoms with E-state index in [1.807, 2.05) is 6.92 Å². The van der Waals surface area contributed by atoms with Crippen molar-refractivity contribution in [2.24, 2.45) is 5.73 Å². The van der Waals surface area contributed by atoms with Gasteiger partial charge in [0.15, 0.2) is 0 Å². The molecule has 17 heavy (non-hydrogen) atoms. The topological polar surface area (TPSA) is 43.1 Å². The Morgan fingerprint density at radius 1 is 1.35 bits per heavy atom. The maximum Gasteiger partial charge on any atom is 0.138 e. The average Bonchev–Trinajstić information content (AvgIpc) is 2.23. The first-order valence-electron chi connectivity index (χ1n) is 6.36. The molecule has 1 rings (SSSR count). The smallest absolute Gasteiger partial charge is 0.138 e. The van der Waals surface area contributed by atoms with Crippen molar-refractivity contribution in [3.8, 4) is 0 Å². The molecule has 2 N–H and O–H groups in total. The average molecular weight is 233 g/mol. The van der Waals surface area contributed by atoms with E-state index in [0.29, 0.717) is 12.8 Å². The van der Waals surface area contributed by atoms with Gasteiger partial charge in [-0.1, -0.05) is 37.1 Å². The lowest BCUT2D eigenvalue weighted by molar-refractivity contribution is -0.118. The summed E-state index contributed by atoms with van der Waals surface area (Å²) >= 11 is 0. The molecular formula is C15H23NO. The van der Waals surface area contributed by atoms with Crippen molar-refractivity contribution in [2.45, 2.75) is 52.5 Å². The van der Waals surface area contributed by atoms with Gasteiger partial charge in [0.2, 0.25) is 0 Å². The zero-order chi connectivity index (χ0) is 12.8. The van der Waals surface area contributed by atoms with Gasteiger partial charge < -0.3 is 5.73 Å². The molecule has 1 aromatic carbocycles. The second-order valence-corrected chi connectivity index (χ2v) is 4.90. The van der Waals surface area contributed by atoms with E-state index < -0.39 is 0 Å². The minimum Gasteiger partial charge on any atom is -0.327 e. The number of Topliss-reactive ketones (excluding diaryl/α,β-unsaturated/α-hetero) is 1. The molecule has 1 atom stereocenters. The summed E-state index contributed by atoms with van der Waals surface area (Å²) in [5.41, 5.74) is 9.42. The number of ketones is 1. The van der Waals surface area contributed by atoms with Gasteiger partial charge in [-0.15, -0.1) is 0 Å². The highest BCUT2D eigenvalue weighted by Gasteiger charge is 2.10. The van der Waals surface area contributed by atoms with Crippen LogP contribution in [0.4, 0.5) is 0 Å². The highest BCUT2D eigenvalue weighted by atomic mass is 16.1. The molecule has 94 valence electrons. The molecule has 1 aromatic rings. The van der Waals surface area contributed by atoms with Crippen molar-refractivity contribution in [2.75, 3.05) is 0 Å². The van der Waals surface area contributed by atoms with Crippen LogP contribution in [0, 0.1) is 13.8 Å². The Kier molecular flexibility index (Phi) is 5.36. The van der Waals surface area contributed by atoms with Crippen molar-refractivity contribution in [1.29, 1.82) is 0 Å². The van der Waals surface area contributed by atoms with Gasteiger partial charge in [-0.3, -0.25) is 4.79 Å². The third kappa shape index (κ3) is 4.70. The van der Waals surface area contributed by atoms with Crippen LogP contribution in [0.3, 0.4) is 0 Å². The van der Waals surface area contributed by atoms with Gasteiger partial charge in [0.05, 0.1) is 0 Å². The fraction of sp³-hybridized carbons (Fsp3) is 0.533. The summed E-state index contributed by atoms with van der Waals surface area (Å²) in [6, 6.07) is 6.27. The second kappa shape index (κ2) is 6.55. The summed E-state index contributed by atoms with van der Waals surface area (Å²) in [5, 5.41) is 0. The van der Waals surface area contributed by atoms with Gasteiger partial charge in [-0.25, -0.2) is 0 Å². The number of nitrogens with two attached hydrogens (primary N) is 1. The highest BCUT2D eigenvalue weighted by molar-refractivity contribution is 5.81. The molecule has 0 radical (unpaired) electrons. The molecule has 0 aliphatic rings. The summed E-state index contributed by atoms with van der Waals surface area (Å²) < 4.78 is 0. The number of carbonyl (C=O) groups excluding carboxylic acids is 1. The minimum absolute atomic E-state index is 0.0256. The van der Waals surface area contributed by atoms with Crippen molar-refractivity contribution in [1.82, 2.24) is 0 Å². The van der Waals surface area contributed by atoms with E-state index in [1.165, 1.54) is 11.1 Å². The second-order valence-electron chi connectivity index (χ2n) is 4.90. The van der Waals surface area contributed by atoms with Crippen LogP contribution in [0.15, 0.2) is 18.2 Å². The van der Waals surface area contributed by atoms with Crippen LogP contribution in [0.5, 0.6) is 0 Å². The van der Waals surface area contributed by atoms with E-state index in [9.17, 15) is 4.79 Å². The van der Waals surface area contributed by atoms with Gasteiger partial charge >= 0.3 is 0 Å². The van der Waals surface area contributed by atoms with Crippen molar-refractivity contribution in [3.05, 3.63) is 34.9 Å². The molecule has 2 heteroatoms. The van der Waals surface area contributed by atoms with Crippen LogP contribution in [-0.4, -0.2) is 11.8 Å². The molecule has 0 aromatic heterocycles. The third-order valence-electron chi connectivity index (χ3n) is 3.04. The zero-order valence-electron chi connectivity index (χ0n) is 11.1. The Bertz CT molecular complexity index is 385. The van der Waals surface area contributed by atoms with Crippen molar-refractivity contribution >= 4 is 5.78 Å². The van der Waals surface area contributed by atoms with E-state index in [1.54, 1.807) is 0 Å². The first kappa shape index (κ1) is 13.9. The van der Waals surface area contributed by atoms with Gasteiger partial charge in [0, 0.05) is 18.9 Å². The van der Waals surface area contributed by atoms with Gasteiger partial charge in [0.25, 0.3) is 0 Å². The lowest BCUT2D eigenvalue weighted by Crippen LogP contribution is -2.24. The lowest BCUT2D eigenvalue weighted by atomic mass is 9.97. The normalized spacial score (nSPS) is 12.5. The molecule has 2 nitrogen and oxygen atoms in total. The molecule has 0 fully saturated rings. The number of rotatable bonds is 6. The highest BCUT2D eigenvalue weighted by Crippen LogP contribution is 2.13. The van der Waals surface area contributed by atoms with Crippen molar-refractivity contribution in [3.63, 3.8) is 0 Å².